The fourth-order valence-corrected chi connectivity index (χ4v) is 1.35. The van der Waals surface area contributed by atoms with Crippen LogP contribution in [0, 0.1) is 5.82 Å². The van der Waals surface area contributed by atoms with E-state index >= 15 is 0 Å². The Balaban J connectivity index is 2.03. The molecule has 4 nitrogen and oxygen atoms in total. The van der Waals surface area contributed by atoms with E-state index in [9.17, 15) is 14.3 Å². The Bertz CT molecular complexity index is 572. The Labute approximate surface area is 103 Å². The number of carbonyl (C=O) groups excluding carboxylic acids is 1. The van der Waals surface area contributed by atoms with Gasteiger partial charge >= 0.3 is 0 Å². The van der Waals surface area contributed by atoms with Crippen LogP contribution in [0.15, 0.2) is 48.5 Å². The number of hydrogen-bond acceptors (Lipinski definition) is 3. The Morgan fingerprint density at radius 2 is 1.94 bits per heavy atom. The maximum atomic E-state index is 13.3. The molecule has 5 heteroatoms. The van der Waals surface area contributed by atoms with Gasteiger partial charge in [0.15, 0.2) is 5.75 Å². The third-order valence-corrected chi connectivity index (χ3v) is 2.20. The fourth-order valence-electron chi connectivity index (χ4n) is 1.35. The van der Waals surface area contributed by atoms with Crippen LogP contribution in [0.3, 0.4) is 0 Å². The van der Waals surface area contributed by atoms with E-state index in [1.54, 1.807) is 18.2 Å². The largest absolute Gasteiger partial charge is 0.508 e. The number of amides is 1. The van der Waals surface area contributed by atoms with Crippen LogP contribution in [-0.2, 0) is 0 Å². The summed E-state index contributed by atoms with van der Waals surface area (Å²) in [4.78, 5) is 16.5. The van der Waals surface area contributed by atoms with E-state index in [-0.39, 0.29) is 17.1 Å². The summed E-state index contributed by atoms with van der Waals surface area (Å²) in [5.74, 6) is -1.07. The summed E-state index contributed by atoms with van der Waals surface area (Å²) in [6.45, 7) is 0. The zero-order valence-electron chi connectivity index (χ0n) is 9.26. The molecular weight excluding hydrogens is 237 g/mol. The van der Waals surface area contributed by atoms with E-state index < -0.39 is 11.7 Å². The number of phenolic OH excluding ortho intramolecular Hbond substituents is 1. The third kappa shape index (κ3) is 2.76. The molecule has 0 unspecified atom stereocenters. The summed E-state index contributed by atoms with van der Waals surface area (Å²) in [5.41, 5.74) is 1.98. The molecule has 2 aromatic rings. The minimum atomic E-state index is -0.698. The second kappa shape index (κ2) is 5.18. The summed E-state index contributed by atoms with van der Waals surface area (Å²) < 4.78 is 13.3. The van der Waals surface area contributed by atoms with Crippen molar-refractivity contribution in [1.82, 2.24) is 5.48 Å². The number of benzene rings is 2. The molecule has 18 heavy (non-hydrogen) atoms. The first kappa shape index (κ1) is 11.9. The Morgan fingerprint density at radius 1 is 1.17 bits per heavy atom. The quantitative estimate of drug-likeness (QED) is 0.818. The smallest absolute Gasteiger partial charge is 0.286 e. The first-order valence-corrected chi connectivity index (χ1v) is 5.17. The van der Waals surface area contributed by atoms with Crippen molar-refractivity contribution in [2.24, 2.45) is 0 Å². The van der Waals surface area contributed by atoms with Gasteiger partial charge in [0.05, 0.1) is 5.56 Å². The van der Waals surface area contributed by atoms with Crippen molar-refractivity contribution in [3.05, 3.63) is 59.9 Å². The predicted octanol–water partition coefficient (Wildman–Crippen LogP) is 2.26. The van der Waals surface area contributed by atoms with E-state index in [0.29, 0.717) is 0 Å². The molecule has 2 rings (SSSR count). The number of hydrogen-bond donors (Lipinski definition) is 2. The zero-order chi connectivity index (χ0) is 13.0. The minimum Gasteiger partial charge on any atom is -0.508 e. The van der Waals surface area contributed by atoms with Crippen LogP contribution in [0.1, 0.15) is 10.4 Å². The van der Waals surface area contributed by atoms with Crippen molar-refractivity contribution in [2.45, 2.75) is 0 Å². The second-order valence-corrected chi connectivity index (χ2v) is 3.51. The molecule has 0 heterocycles. The van der Waals surface area contributed by atoms with E-state index in [1.165, 1.54) is 30.3 Å². The van der Waals surface area contributed by atoms with E-state index in [2.05, 4.69) is 5.48 Å². The van der Waals surface area contributed by atoms with E-state index in [0.717, 1.165) is 0 Å². The summed E-state index contributed by atoms with van der Waals surface area (Å²) in [6, 6.07) is 11.4. The minimum absolute atomic E-state index is 0.00707. The topological polar surface area (TPSA) is 58.6 Å². The van der Waals surface area contributed by atoms with Crippen LogP contribution in [0.25, 0.3) is 0 Å². The van der Waals surface area contributed by atoms with Gasteiger partial charge in [0.1, 0.15) is 11.6 Å². The first-order valence-electron chi connectivity index (χ1n) is 5.17. The van der Waals surface area contributed by atoms with Crippen LogP contribution in [-0.4, -0.2) is 11.0 Å². The van der Waals surface area contributed by atoms with Gasteiger partial charge in [-0.05, 0) is 24.3 Å². The molecule has 92 valence electrons. The molecule has 0 radical (unpaired) electrons. The van der Waals surface area contributed by atoms with Crippen LogP contribution >= 0.6 is 0 Å². The second-order valence-electron chi connectivity index (χ2n) is 3.51. The molecule has 2 N–H and O–H groups in total. The van der Waals surface area contributed by atoms with Crippen LogP contribution in [0.4, 0.5) is 4.39 Å². The highest BCUT2D eigenvalue weighted by molar-refractivity contribution is 5.93. The van der Waals surface area contributed by atoms with Gasteiger partial charge in [0.25, 0.3) is 5.91 Å². The molecule has 0 aliphatic rings. The third-order valence-electron chi connectivity index (χ3n) is 2.20. The molecule has 1 amide bonds. The van der Waals surface area contributed by atoms with Crippen molar-refractivity contribution in [2.75, 3.05) is 0 Å². The molecule has 0 spiro atoms. The van der Waals surface area contributed by atoms with E-state index in [1.807, 2.05) is 0 Å². The lowest BCUT2D eigenvalue weighted by molar-refractivity contribution is 0.0755. The maximum Gasteiger partial charge on any atom is 0.286 e. The summed E-state index contributed by atoms with van der Waals surface area (Å²) in [5, 5.41) is 9.19. The molecule has 0 aliphatic heterocycles. The SMILES string of the molecule is O=C(NOc1cccc(O)c1)c1ccccc1F. The van der Waals surface area contributed by atoms with E-state index in [4.69, 9.17) is 4.84 Å². The van der Waals surface area contributed by atoms with Gasteiger partial charge in [0.2, 0.25) is 0 Å². The molecule has 0 bridgehead atoms. The number of nitrogens with one attached hydrogen (secondary N) is 1. The number of hydroxylamine groups is 1. The average Bonchev–Trinajstić information content (AvgIpc) is 2.37. The van der Waals surface area contributed by atoms with Gasteiger partial charge in [-0.1, -0.05) is 18.2 Å². The number of halogens is 1. The number of carbonyl (C=O) groups is 1. The van der Waals surface area contributed by atoms with Crippen molar-refractivity contribution >= 4 is 5.91 Å². The Morgan fingerprint density at radius 3 is 2.67 bits per heavy atom. The molecule has 0 atom stereocenters. The van der Waals surface area contributed by atoms with Gasteiger partial charge in [-0.25, -0.2) is 4.39 Å². The van der Waals surface area contributed by atoms with Gasteiger partial charge in [-0.2, -0.15) is 5.48 Å². The molecule has 0 saturated carbocycles. The Kier molecular flexibility index (Phi) is 3.43. The first-order chi connectivity index (χ1) is 8.66. The highest BCUT2D eigenvalue weighted by atomic mass is 19.1. The highest BCUT2D eigenvalue weighted by Crippen LogP contribution is 2.17. The number of rotatable bonds is 3. The maximum absolute atomic E-state index is 13.3. The van der Waals surface area contributed by atoms with Crippen molar-refractivity contribution in [3.63, 3.8) is 0 Å². The Hall–Kier alpha value is -2.56. The summed E-state index contributed by atoms with van der Waals surface area (Å²) in [7, 11) is 0. The molecular formula is C13H10FNO3. The van der Waals surface area contributed by atoms with Crippen molar-refractivity contribution in [1.29, 1.82) is 0 Å². The lowest BCUT2D eigenvalue weighted by Crippen LogP contribution is -2.27. The van der Waals surface area contributed by atoms with Crippen LogP contribution in [0.5, 0.6) is 11.5 Å². The standard InChI is InChI=1S/C13H10FNO3/c14-12-7-2-1-6-11(12)13(17)15-18-10-5-3-4-9(16)8-10/h1-8,16H,(H,15,17). The molecule has 0 aliphatic carbocycles. The molecule has 0 fully saturated rings. The van der Waals surface area contributed by atoms with Gasteiger partial charge in [0, 0.05) is 6.07 Å². The van der Waals surface area contributed by atoms with Crippen LogP contribution in [0.2, 0.25) is 0 Å². The molecule has 2 aromatic carbocycles. The molecule has 0 saturated heterocycles. The summed E-state index contributed by atoms with van der Waals surface area (Å²) >= 11 is 0. The normalized spacial score (nSPS) is 9.83. The fraction of sp³-hybridized carbons (Fsp3) is 0. The lowest BCUT2D eigenvalue weighted by Gasteiger charge is -2.07. The zero-order valence-corrected chi connectivity index (χ0v) is 9.26. The number of phenols is 1. The monoisotopic (exact) mass is 247 g/mol. The van der Waals surface area contributed by atoms with Gasteiger partial charge < -0.3 is 9.94 Å². The number of aromatic hydroxyl groups is 1. The molecule has 0 aromatic heterocycles. The summed E-state index contributed by atoms with van der Waals surface area (Å²) in [6.07, 6.45) is 0. The van der Waals surface area contributed by atoms with Crippen molar-refractivity contribution in [3.8, 4) is 11.5 Å². The predicted molar refractivity (Wildman–Crippen MR) is 62.6 cm³/mol. The van der Waals surface area contributed by atoms with Crippen LogP contribution < -0.4 is 10.3 Å². The average molecular weight is 247 g/mol. The van der Waals surface area contributed by atoms with Gasteiger partial charge in [-0.15, -0.1) is 0 Å². The van der Waals surface area contributed by atoms with Gasteiger partial charge in [-0.3, -0.25) is 4.79 Å². The van der Waals surface area contributed by atoms with Crippen molar-refractivity contribution < 1.29 is 19.1 Å². The lowest BCUT2D eigenvalue weighted by atomic mass is 10.2. The highest BCUT2D eigenvalue weighted by Gasteiger charge is 2.10.